The number of rotatable bonds is 3. The van der Waals surface area contributed by atoms with Crippen LogP contribution in [0.2, 0.25) is 0 Å². The van der Waals surface area contributed by atoms with Gasteiger partial charge in [0, 0.05) is 27.7 Å². The maximum atomic E-state index is 14.3. The van der Waals surface area contributed by atoms with Gasteiger partial charge in [0.1, 0.15) is 5.82 Å². The fourth-order valence-corrected chi connectivity index (χ4v) is 3.04. The maximum Gasteiger partial charge on any atom is 0.128 e. The van der Waals surface area contributed by atoms with E-state index in [0.717, 1.165) is 22.2 Å². The molecular formula is C18H19FN2. The Morgan fingerprint density at radius 3 is 2.38 bits per heavy atom. The monoisotopic (exact) mass is 282 g/mol. The molecule has 2 nitrogen and oxygen atoms in total. The van der Waals surface area contributed by atoms with Crippen LogP contribution in [0.15, 0.2) is 48.5 Å². The first-order valence-electron chi connectivity index (χ1n) is 7.07. The zero-order valence-electron chi connectivity index (χ0n) is 12.5. The molecule has 2 aromatic carbocycles. The van der Waals surface area contributed by atoms with E-state index in [4.69, 9.17) is 0 Å². The van der Waals surface area contributed by atoms with Gasteiger partial charge in [-0.1, -0.05) is 36.4 Å². The number of hydrogen-bond donors (Lipinski definition) is 1. The fourth-order valence-electron chi connectivity index (χ4n) is 3.04. The number of aromatic nitrogens is 1. The van der Waals surface area contributed by atoms with Crippen molar-refractivity contribution in [3.8, 4) is 0 Å². The van der Waals surface area contributed by atoms with E-state index in [9.17, 15) is 4.39 Å². The Morgan fingerprint density at radius 1 is 1.00 bits per heavy atom. The van der Waals surface area contributed by atoms with E-state index in [1.54, 1.807) is 6.07 Å². The Hall–Kier alpha value is -2.13. The van der Waals surface area contributed by atoms with E-state index in [-0.39, 0.29) is 11.9 Å². The first kappa shape index (κ1) is 13.8. The molecule has 0 aliphatic rings. The highest BCUT2D eigenvalue weighted by Gasteiger charge is 2.24. The third kappa shape index (κ3) is 2.34. The summed E-state index contributed by atoms with van der Waals surface area (Å²) in [5.41, 5.74) is 4.02. The lowest BCUT2D eigenvalue weighted by Crippen LogP contribution is -2.22. The minimum Gasteiger partial charge on any atom is -0.358 e. The normalized spacial score (nSPS) is 13.0. The minimum atomic E-state index is -0.166. The van der Waals surface area contributed by atoms with Crippen molar-refractivity contribution in [3.63, 3.8) is 0 Å². The van der Waals surface area contributed by atoms with Crippen LogP contribution >= 0.6 is 0 Å². The van der Waals surface area contributed by atoms with Crippen molar-refractivity contribution in [1.82, 2.24) is 9.88 Å². The number of hydrogen-bond acceptors (Lipinski definition) is 1. The van der Waals surface area contributed by atoms with Gasteiger partial charge in [0.05, 0.1) is 6.04 Å². The first-order valence-corrected chi connectivity index (χ1v) is 7.07. The summed E-state index contributed by atoms with van der Waals surface area (Å²) in [5, 5.41) is 1.15. The van der Waals surface area contributed by atoms with Gasteiger partial charge in [0.25, 0.3) is 0 Å². The summed E-state index contributed by atoms with van der Waals surface area (Å²) < 4.78 is 14.3. The number of halogens is 1. The second-order valence-corrected chi connectivity index (χ2v) is 5.60. The Balaban J connectivity index is 2.26. The smallest absolute Gasteiger partial charge is 0.128 e. The quantitative estimate of drug-likeness (QED) is 0.760. The molecule has 21 heavy (non-hydrogen) atoms. The molecule has 0 saturated carbocycles. The van der Waals surface area contributed by atoms with Gasteiger partial charge >= 0.3 is 0 Å². The zero-order chi connectivity index (χ0) is 15.0. The summed E-state index contributed by atoms with van der Waals surface area (Å²) in [6.07, 6.45) is 0. The summed E-state index contributed by atoms with van der Waals surface area (Å²) in [4.78, 5) is 5.46. The summed E-state index contributed by atoms with van der Waals surface area (Å²) in [5.74, 6) is -0.166. The number of H-pyrrole nitrogens is 1. The lowest BCUT2D eigenvalue weighted by molar-refractivity contribution is 0.334. The first-order chi connectivity index (χ1) is 10.1. The molecule has 1 heterocycles. The zero-order valence-corrected chi connectivity index (χ0v) is 12.5. The van der Waals surface area contributed by atoms with Crippen LogP contribution in [0.3, 0.4) is 0 Å². The highest BCUT2D eigenvalue weighted by molar-refractivity contribution is 5.85. The molecule has 1 atom stereocenters. The molecule has 1 aromatic heterocycles. The molecule has 108 valence electrons. The van der Waals surface area contributed by atoms with Crippen LogP contribution in [-0.2, 0) is 0 Å². The van der Waals surface area contributed by atoms with E-state index in [1.807, 2.05) is 45.3 Å². The van der Waals surface area contributed by atoms with Crippen molar-refractivity contribution in [2.24, 2.45) is 0 Å². The van der Waals surface area contributed by atoms with Crippen molar-refractivity contribution in [2.75, 3.05) is 14.1 Å². The van der Waals surface area contributed by atoms with Crippen LogP contribution in [0, 0.1) is 12.7 Å². The number of fused-ring (bicyclic) bond motifs is 1. The molecule has 0 fully saturated rings. The highest BCUT2D eigenvalue weighted by Crippen LogP contribution is 2.35. The lowest BCUT2D eigenvalue weighted by atomic mass is 9.95. The standard InChI is InChI=1S/C18H19FN2/c1-12-17(14-9-5-7-11-16(14)20-12)18(21(2)3)13-8-4-6-10-15(13)19/h4-11,18,20H,1-3H3. The average molecular weight is 282 g/mol. The van der Waals surface area contributed by atoms with Crippen molar-refractivity contribution in [1.29, 1.82) is 0 Å². The average Bonchev–Trinajstić information content (AvgIpc) is 2.78. The van der Waals surface area contributed by atoms with Gasteiger partial charge in [-0.15, -0.1) is 0 Å². The molecule has 1 N–H and O–H groups in total. The molecule has 0 radical (unpaired) electrons. The van der Waals surface area contributed by atoms with Gasteiger partial charge in [-0.2, -0.15) is 0 Å². The van der Waals surface area contributed by atoms with E-state index >= 15 is 0 Å². The predicted molar refractivity (Wildman–Crippen MR) is 85.0 cm³/mol. The van der Waals surface area contributed by atoms with E-state index in [2.05, 4.69) is 22.0 Å². The number of aromatic amines is 1. The summed E-state index contributed by atoms with van der Waals surface area (Å²) >= 11 is 0. The van der Waals surface area contributed by atoms with Gasteiger partial charge in [0.2, 0.25) is 0 Å². The van der Waals surface area contributed by atoms with Gasteiger partial charge in [0.15, 0.2) is 0 Å². The number of benzene rings is 2. The molecule has 1 unspecified atom stereocenters. The molecule has 0 aliphatic carbocycles. The molecule has 3 aromatic rings. The Kier molecular flexibility index (Phi) is 3.52. The van der Waals surface area contributed by atoms with Crippen molar-refractivity contribution >= 4 is 10.9 Å². The second kappa shape index (κ2) is 5.34. The third-order valence-electron chi connectivity index (χ3n) is 3.93. The molecular weight excluding hydrogens is 263 g/mol. The Morgan fingerprint density at radius 2 is 1.67 bits per heavy atom. The molecule has 0 saturated heterocycles. The third-order valence-corrected chi connectivity index (χ3v) is 3.93. The van der Waals surface area contributed by atoms with Gasteiger partial charge < -0.3 is 4.98 Å². The van der Waals surface area contributed by atoms with Gasteiger partial charge in [-0.3, -0.25) is 4.90 Å². The van der Waals surface area contributed by atoms with Crippen LogP contribution in [0.1, 0.15) is 22.9 Å². The lowest BCUT2D eigenvalue weighted by Gasteiger charge is -2.26. The second-order valence-electron chi connectivity index (χ2n) is 5.60. The van der Waals surface area contributed by atoms with E-state index < -0.39 is 0 Å². The van der Waals surface area contributed by atoms with Crippen LogP contribution in [0.25, 0.3) is 10.9 Å². The number of para-hydroxylation sites is 1. The Labute approximate surface area is 124 Å². The van der Waals surface area contributed by atoms with E-state index in [1.165, 1.54) is 6.07 Å². The van der Waals surface area contributed by atoms with Crippen LogP contribution < -0.4 is 0 Å². The van der Waals surface area contributed by atoms with Crippen LogP contribution in [0.4, 0.5) is 4.39 Å². The van der Waals surface area contributed by atoms with E-state index in [0.29, 0.717) is 5.56 Å². The molecule has 0 aliphatic heterocycles. The summed E-state index contributed by atoms with van der Waals surface area (Å²) in [7, 11) is 3.97. The highest BCUT2D eigenvalue weighted by atomic mass is 19.1. The fraction of sp³-hybridized carbons (Fsp3) is 0.222. The molecule has 3 rings (SSSR count). The maximum absolute atomic E-state index is 14.3. The van der Waals surface area contributed by atoms with Crippen LogP contribution in [-0.4, -0.2) is 24.0 Å². The SMILES string of the molecule is Cc1[nH]c2ccccc2c1C(c1ccccc1F)N(C)C. The molecule has 0 amide bonds. The number of nitrogens with one attached hydrogen (secondary N) is 1. The van der Waals surface area contributed by atoms with Gasteiger partial charge in [-0.05, 0) is 33.2 Å². The Bertz CT molecular complexity index is 774. The van der Waals surface area contributed by atoms with Crippen molar-refractivity contribution in [2.45, 2.75) is 13.0 Å². The predicted octanol–water partition coefficient (Wildman–Crippen LogP) is 4.27. The van der Waals surface area contributed by atoms with Crippen molar-refractivity contribution in [3.05, 3.63) is 71.2 Å². The minimum absolute atomic E-state index is 0.109. The molecule has 3 heteroatoms. The van der Waals surface area contributed by atoms with Crippen LogP contribution in [0.5, 0.6) is 0 Å². The molecule has 0 bridgehead atoms. The summed E-state index contributed by atoms with van der Waals surface area (Å²) in [6.45, 7) is 2.05. The van der Waals surface area contributed by atoms with Gasteiger partial charge in [-0.25, -0.2) is 4.39 Å². The topological polar surface area (TPSA) is 19.0 Å². The number of aryl methyl sites for hydroxylation is 1. The molecule has 0 spiro atoms. The number of nitrogens with zero attached hydrogens (tertiary/aromatic N) is 1. The van der Waals surface area contributed by atoms with Crippen molar-refractivity contribution < 1.29 is 4.39 Å². The summed E-state index contributed by atoms with van der Waals surface area (Å²) in [6, 6.07) is 15.1. The largest absolute Gasteiger partial charge is 0.358 e.